The van der Waals surface area contributed by atoms with Gasteiger partial charge in [-0.1, -0.05) is 11.6 Å². The lowest BCUT2D eigenvalue weighted by atomic mass is 10.2. The number of nitrogens with zero attached hydrogens (tertiary/aromatic N) is 1. The van der Waals surface area contributed by atoms with Crippen LogP contribution < -0.4 is 5.32 Å². The zero-order chi connectivity index (χ0) is 15.5. The molecule has 2 rings (SSSR count). The Balaban J connectivity index is 2.15. The fraction of sp³-hybridized carbons (Fsp3) is 0.154. The van der Waals surface area contributed by atoms with Crippen molar-refractivity contribution in [2.75, 3.05) is 11.1 Å². The highest BCUT2D eigenvalue weighted by atomic mass is 35.5. The minimum absolute atomic E-state index is 0.377. The molecule has 0 saturated carbocycles. The largest absolute Gasteiger partial charge is 0.442 e. The van der Waals surface area contributed by atoms with Gasteiger partial charge in [-0.05, 0) is 42.1 Å². The Labute approximate surface area is 128 Å². The van der Waals surface area contributed by atoms with Gasteiger partial charge in [0.1, 0.15) is 0 Å². The van der Waals surface area contributed by atoms with E-state index in [9.17, 15) is 18.0 Å². The number of amides is 1. The molecular formula is C13H10ClF3N2OS. The number of nitrogens with one attached hydrogen (secondary N) is 1. The minimum atomic E-state index is -4.43. The second-order valence-electron chi connectivity index (χ2n) is 4.03. The van der Waals surface area contributed by atoms with E-state index in [0.29, 0.717) is 16.4 Å². The number of aromatic nitrogens is 1. The van der Waals surface area contributed by atoms with Crippen molar-refractivity contribution in [3.05, 3.63) is 47.7 Å². The Kier molecular flexibility index (Phi) is 4.84. The van der Waals surface area contributed by atoms with Crippen LogP contribution in [0.4, 0.5) is 18.9 Å². The number of carbonyl (C=O) groups is 1. The fourth-order valence-electron chi connectivity index (χ4n) is 1.65. The van der Waals surface area contributed by atoms with Crippen molar-refractivity contribution in [3.63, 3.8) is 0 Å². The SMILES string of the molecule is O=C(CSC(F)(F)F)Nc1ccc(Cl)cc1-n1cccc1. The summed E-state index contributed by atoms with van der Waals surface area (Å²) in [5, 5.41) is 2.92. The molecule has 0 unspecified atom stereocenters. The monoisotopic (exact) mass is 334 g/mol. The van der Waals surface area contributed by atoms with Gasteiger partial charge in [0.25, 0.3) is 0 Å². The number of hydrogen-bond donors (Lipinski definition) is 1. The zero-order valence-corrected chi connectivity index (χ0v) is 12.1. The maximum atomic E-state index is 12.1. The second kappa shape index (κ2) is 6.44. The van der Waals surface area contributed by atoms with Crippen LogP contribution in [0.5, 0.6) is 0 Å². The van der Waals surface area contributed by atoms with Gasteiger partial charge in [-0.2, -0.15) is 13.2 Å². The van der Waals surface area contributed by atoms with Crippen molar-refractivity contribution in [2.24, 2.45) is 0 Å². The molecule has 8 heteroatoms. The molecule has 0 bridgehead atoms. The molecule has 0 radical (unpaired) electrons. The van der Waals surface area contributed by atoms with E-state index >= 15 is 0 Å². The molecule has 2 aromatic rings. The highest BCUT2D eigenvalue weighted by Gasteiger charge is 2.29. The first kappa shape index (κ1) is 15.8. The third-order valence-corrected chi connectivity index (χ3v) is 3.45. The Morgan fingerprint density at radius 2 is 1.95 bits per heavy atom. The maximum absolute atomic E-state index is 12.1. The van der Waals surface area contributed by atoms with E-state index in [1.165, 1.54) is 0 Å². The van der Waals surface area contributed by atoms with Gasteiger partial charge in [-0.3, -0.25) is 4.79 Å². The Morgan fingerprint density at radius 3 is 2.57 bits per heavy atom. The molecular weight excluding hydrogens is 325 g/mol. The van der Waals surface area contributed by atoms with Crippen LogP contribution in [0.15, 0.2) is 42.7 Å². The van der Waals surface area contributed by atoms with E-state index < -0.39 is 17.2 Å². The van der Waals surface area contributed by atoms with Crippen molar-refractivity contribution in [1.29, 1.82) is 0 Å². The number of alkyl halides is 3. The van der Waals surface area contributed by atoms with E-state index in [1.54, 1.807) is 47.3 Å². The standard InChI is InChI=1S/C13H10ClF3N2OS/c14-9-3-4-10(11(7-9)19-5-1-2-6-19)18-12(20)8-21-13(15,16)17/h1-7H,8H2,(H,18,20). The third kappa shape index (κ3) is 4.71. The number of carbonyl (C=O) groups excluding carboxylic acids is 1. The predicted molar refractivity (Wildman–Crippen MR) is 77.9 cm³/mol. The molecule has 1 aromatic heterocycles. The lowest BCUT2D eigenvalue weighted by Crippen LogP contribution is -2.18. The molecule has 0 aliphatic rings. The summed E-state index contributed by atoms with van der Waals surface area (Å²) >= 11 is 5.53. The van der Waals surface area contributed by atoms with Crippen LogP contribution in [0.2, 0.25) is 5.02 Å². The van der Waals surface area contributed by atoms with Gasteiger partial charge in [0.2, 0.25) is 5.91 Å². The summed E-state index contributed by atoms with van der Waals surface area (Å²) in [6.45, 7) is 0. The molecule has 1 heterocycles. The first-order chi connectivity index (χ1) is 9.85. The second-order valence-corrected chi connectivity index (χ2v) is 5.51. The fourth-order valence-corrected chi connectivity index (χ4v) is 2.19. The lowest BCUT2D eigenvalue weighted by Gasteiger charge is -2.13. The van der Waals surface area contributed by atoms with Crippen molar-refractivity contribution >= 4 is 35.0 Å². The zero-order valence-electron chi connectivity index (χ0n) is 10.5. The summed E-state index contributed by atoms with van der Waals surface area (Å²) in [6.07, 6.45) is 3.48. The smallest absolute Gasteiger partial charge is 0.324 e. The van der Waals surface area contributed by atoms with Gasteiger partial charge < -0.3 is 9.88 Å². The van der Waals surface area contributed by atoms with Crippen LogP contribution in [-0.2, 0) is 4.79 Å². The summed E-state index contributed by atoms with van der Waals surface area (Å²) < 4.78 is 37.9. The van der Waals surface area contributed by atoms with E-state index in [4.69, 9.17) is 11.6 Å². The molecule has 0 fully saturated rings. The van der Waals surface area contributed by atoms with Crippen LogP contribution in [-0.4, -0.2) is 21.7 Å². The van der Waals surface area contributed by atoms with Gasteiger partial charge in [-0.15, -0.1) is 0 Å². The van der Waals surface area contributed by atoms with Crippen LogP contribution >= 0.6 is 23.4 Å². The molecule has 1 N–H and O–H groups in total. The molecule has 0 spiro atoms. The van der Waals surface area contributed by atoms with E-state index in [-0.39, 0.29) is 11.8 Å². The van der Waals surface area contributed by atoms with Gasteiger partial charge in [0.05, 0.1) is 17.1 Å². The van der Waals surface area contributed by atoms with E-state index in [1.807, 2.05) is 0 Å². The van der Waals surface area contributed by atoms with Gasteiger partial charge >= 0.3 is 5.51 Å². The Bertz CT molecular complexity index is 629. The van der Waals surface area contributed by atoms with Crippen LogP contribution in [0.25, 0.3) is 5.69 Å². The summed E-state index contributed by atoms with van der Waals surface area (Å²) in [4.78, 5) is 11.6. The third-order valence-electron chi connectivity index (χ3n) is 2.48. The number of halogens is 4. The molecule has 0 saturated heterocycles. The molecule has 3 nitrogen and oxygen atoms in total. The summed E-state index contributed by atoms with van der Waals surface area (Å²) in [6, 6.07) is 8.29. The Hall–Kier alpha value is -1.60. The molecule has 0 atom stereocenters. The lowest BCUT2D eigenvalue weighted by molar-refractivity contribution is -0.114. The minimum Gasteiger partial charge on any atom is -0.324 e. The quantitative estimate of drug-likeness (QED) is 0.903. The molecule has 21 heavy (non-hydrogen) atoms. The van der Waals surface area contributed by atoms with Crippen molar-refractivity contribution in [2.45, 2.75) is 5.51 Å². The number of benzene rings is 1. The number of rotatable bonds is 4. The van der Waals surface area contributed by atoms with Crippen molar-refractivity contribution in [3.8, 4) is 5.69 Å². The van der Waals surface area contributed by atoms with E-state index in [2.05, 4.69) is 5.32 Å². The number of hydrogen-bond acceptors (Lipinski definition) is 2. The number of thioether (sulfide) groups is 1. The van der Waals surface area contributed by atoms with Crippen LogP contribution in [0.3, 0.4) is 0 Å². The molecule has 0 aliphatic carbocycles. The summed E-state index contributed by atoms with van der Waals surface area (Å²) in [5.41, 5.74) is -3.46. The van der Waals surface area contributed by atoms with Crippen molar-refractivity contribution in [1.82, 2.24) is 4.57 Å². The number of anilines is 1. The molecule has 1 aromatic carbocycles. The topological polar surface area (TPSA) is 34.0 Å². The normalized spacial score (nSPS) is 11.4. The highest BCUT2D eigenvalue weighted by Crippen LogP contribution is 2.30. The predicted octanol–water partition coefficient (Wildman–Crippen LogP) is 4.32. The van der Waals surface area contributed by atoms with Crippen molar-refractivity contribution < 1.29 is 18.0 Å². The van der Waals surface area contributed by atoms with Crippen LogP contribution in [0.1, 0.15) is 0 Å². The summed E-state index contributed by atoms with van der Waals surface area (Å²) in [5.74, 6) is -1.43. The molecule has 0 aliphatic heterocycles. The van der Waals surface area contributed by atoms with Crippen LogP contribution in [0, 0.1) is 0 Å². The Morgan fingerprint density at radius 1 is 1.29 bits per heavy atom. The molecule has 1 amide bonds. The summed E-state index contributed by atoms with van der Waals surface area (Å²) in [7, 11) is 0. The average molecular weight is 335 g/mol. The molecule has 112 valence electrons. The van der Waals surface area contributed by atoms with Gasteiger partial charge in [-0.25, -0.2) is 0 Å². The van der Waals surface area contributed by atoms with E-state index in [0.717, 1.165) is 0 Å². The average Bonchev–Trinajstić information content (AvgIpc) is 2.91. The van der Waals surface area contributed by atoms with Gasteiger partial charge in [0.15, 0.2) is 0 Å². The highest BCUT2D eigenvalue weighted by molar-refractivity contribution is 8.00. The first-order valence-electron chi connectivity index (χ1n) is 5.78. The first-order valence-corrected chi connectivity index (χ1v) is 7.15. The van der Waals surface area contributed by atoms with Gasteiger partial charge in [0, 0.05) is 17.4 Å². The maximum Gasteiger partial charge on any atom is 0.442 e.